The zero-order valence-electron chi connectivity index (χ0n) is 7.02. The molecule has 72 valence electrons. The molecule has 0 spiro atoms. The molecule has 0 radical (unpaired) electrons. The van der Waals surface area contributed by atoms with Crippen LogP contribution < -0.4 is 0 Å². The SMILES string of the molecule is O=C(CCCCCCCCl)OCl. The van der Waals surface area contributed by atoms with Gasteiger partial charge in [-0.2, -0.15) is 0 Å². The average molecular weight is 213 g/mol. The molecule has 0 amide bonds. The fourth-order valence-corrected chi connectivity index (χ4v) is 1.20. The molecule has 0 saturated carbocycles. The number of carbonyl (C=O) groups excluding carboxylic acids is 1. The van der Waals surface area contributed by atoms with Crippen LogP contribution in [0.4, 0.5) is 0 Å². The van der Waals surface area contributed by atoms with Crippen LogP contribution >= 0.6 is 23.5 Å². The Balaban J connectivity index is 2.95. The third-order valence-electron chi connectivity index (χ3n) is 1.60. The van der Waals surface area contributed by atoms with Crippen molar-refractivity contribution in [3.63, 3.8) is 0 Å². The second-order valence-corrected chi connectivity index (χ2v) is 3.19. The van der Waals surface area contributed by atoms with Crippen LogP contribution in [0.1, 0.15) is 38.5 Å². The summed E-state index contributed by atoms with van der Waals surface area (Å²) in [5.74, 6) is 0.387. The minimum Gasteiger partial charge on any atom is -0.348 e. The van der Waals surface area contributed by atoms with Crippen molar-refractivity contribution in [2.45, 2.75) is 38.5 Å². The Morgan fingerprint density at radius 2 is 1.67 bits per heavy atom. The lowest BCUT2D eigenvalue weighted by Gasteiger charge is -1.97. The largest absolute Gasteiger partial charge is 0.348 e. The third-order valence-corrected chi connectivity index (χ3v) is 2.04. The summed E-state index contributed by atoms with van der Waals surface area (Å²) in [4.78, 5) is 10.5. The molecule has 0 atom stereocenters. The molecule has 0 aromatic heterocycles. The number of unbranched alkanes of at least 4 members (excludes halogenated alkanes) is 4. The Labute approximate surface area is 83.3 Å². The van der Waals surface area contributed by atoms with Crippen molar-refractivity contribution >= 4 is 29.4 Å². The van der Waals surface area contributed by atoms with Crippen LogP contribution in [0, 0.1) is 0 Å². The summed E-state index contributed by atoms with van der Waals surface area (Å²) in [6, 6.07) is 0. The first-order valence-corrected chi connectivity index (χ1v) is 5.03. The van der Waals surface area contributed by atoms with Crippen molar-refractivity contribution in [2.75, 3.05) is 5.88 Å². The minimum absolute atomic E-state index is 0.339. The van der Waals surface area contributed by atoms with Crippen LogP contribution in [-0.4, -0.2) is 11.8 Å². The smallest absolute Gasteiger partial charge is 0.324 e. The fourth-order valence-electron chi connectivity index (χ4n) is 0.933. The molecule has 0 saturated heterocycles. The maximum Gasteiger partial charge on any atom is 0.324 e. The Morgan fingerprint density at radius 3 is 2.25 bits per heavy atom. The van der Waals surface area contributed by atoms with E-state index in [0.717, 1.165) is 38.0 Å². The molecule has 0 aromatic rings. The summed E-state index contributed by atoms with van der Waals surface area (Å²) in [7, 11) is 0. The average Bonchev–Trinajstić information content (AvgIpc) is 2.10. The van der Waals surface area contributed by atoms with Crippen molar-refractivity contribution in [2.24, 2.45) is 0 Å². The summed E-state index contributed by atoms with van der Waals surface area (Å²) >= 11 is 10.3. The van der Waals surface area contributed by atoms with Crippen molar-refractivity contribution < 1.29 is 9.08 Å². The summed E-state index contributed by atoms with van der Waals surface area (Å²) in [6.45, 7) is 0. The van der Waals surface area contributed by atoms with E-state index in [1.165, 1.54) is 0 Å². The molecule has 0 aliphatic carbocycles. The molecule has 0 heterocycles. The molecule has 0 N–H and O–H groups in total. The van der Waals surface area contributed by atoms with Crippen LogP contribution in [0.3, 0.4) is 0 Å². The number of rotatable bonds is 7. The fraction of sp³-hybridized carbons (Fsp3) is 0.875. The zero-order chi connectivity index (χ0) is 9.23. The summed E-state index contributed by atoms with van der Waals surface area (Å²) < 4.78 is 3.99. The first kappa shape index (κ1) is 12.0. The Morgan fingerprint density at radius 1 is 1.08 bits per heavy atom. The molecular weight excluding hydrogens is 199 g/mol. The van der Waals surface area contributed by atoms with E-state index in [9.17, 15) is 4.79 Å². The van der Waals surface area contributed by atoms with E-state index < -0.39 is 0 Å². The molecule has 0 aliphatic heterocycles. The van der Waals surface area contributed by atoms with Gasteiger partial charge in [0.2, 0.25) is 0 Å². The van der Waals surface area contributed by atoms with E-state index >= 15 is 0 Å². The molecule has 0 bridgehead atoms. The van der Waals surface area contributed by atoms with Crippen LogP contribution in [0.2, 0.25) is 0 Å². The van der Waals surface area contributed by atoms with Gasteiger partial charge in [0, 0.05) is 12.3 Å². The van der Waals surface area contributed by atoms with Crippen molar-refractivity contribution in [3.8, 4) is 0 Å². The van der Waals surface area contributed by atoms with Gasteiger partial charge in [-0.05, 0) is 12.8 Å². The van der Waals surface area contributed by atoms with Crippen molar-refractivity contribution in [1.29, 1.82) is 0 Å². The molecule has 0 unspecified atom stereocenters. The highest BCUT2D eigenvalue weighted by atomic mass is 35.5. The quantitative estimate of drug-likeness (QED) is 0.479. The molecule has 0 rings (SSSR count). The van der Waals surface area contributed by atoms with Crippen LogP contribution in [0.25, 0.3) is 0 Å². The van der Waals surface area contributed by atoms with Gasteiger partial charge in [-0.15, -0.1) is 11.6 Å². The van der Waals surface area contributed by atoms with E-state index in [1.54, 1.807) is 0 Å². The predicted octanol–water partition coefficient (Wildman–Crippen LogP) is 3.26. The van der Waals surface area contributed by atoms with E-state index in [0.29, 0.717) is 6.42 Å². The molecule has 12 heavy (non-hydrogen) atoms. The van der Waals surface area contributed by atoms with Gasteiger partial charge in [0.25, 0.3) is 0 Å². The van der Waals surface area contributed by atoms with Gasteiger partial charge in [-0.3, -0.25) is 4.79 Å². The van der Waals surface area contributed by atoms with Gasteiger partial charge in [0.05, 0.1) is 0 Å². The lowest BCUT2D eigenvalue weighted by atomic mass is 10.1. The molecule has 2 nitrogen and oxygen atoms in total. The van der Waals surface area contributed by atoms with E-state index in [-0.39, 0.29) is 5.97 Å². The first-order chi connectivity index (χ1) is 5.81. The monoisotopic (exact) mass is 212 g/mol. The standard InChI is InChI=1S/C8H14Cl2O2/c9-7-5-3-1-2-4-6-8(11)12-10/h1-7H2. The predicted molar refractivity (Wildman–Crippen MR) is 50.4 cm³/mol. The molecule has 0 aromatic carbocycles. The topological polar surface area (TPSA) is 26.3 Å². The highest BCUT2D eigenvalue weighted by Gasteiger charge is 1.99. The van der Waals surface area contributed by atoms with Crippen LogP contribution in [-0.2, 0) is 9.08 Å². The van der Waals surface area contributed by atoms with E-state index in [2.05, 4.69) is 4.29 Å². The second kappa shape index (κ2) is 9.14. The number of halogens is 2. The molecule has 0 fully saturated rings. The van der Waals surface area contributed by atoms with Gasteiger partial charge in [-0.25, -0.2) is 0 Å². The normalized spacial score (nSPS) is 9.83. The van der Waals surface area contributed by atoms with Gasteiger partial charge in [0.1, 0.15) is 11.9 Å². The summed E-state index contributed by atoms with van der Waals surface area (Å²) in [5, 5.41) is 0. The zero-order valence-corrected chi connectivity index (χ0v) is 8.53. The number of hydrogen-bond donors (Lipinski definition) is 0. The van der Waals surface area contributed by atoms with E-state index in [1.807, 2.05) is 0 Å². The van der Waals surface area contributed by atoms with Gasteiger partial charge in [-0.1, -0.05) is 19.3 Å². The molecule has 0 aliphatic rings. The number of alkyl halides is 1. The van der Waals surface area contributed by atoms with Crippen molar-refractivity contribution in [1.82, 2.24) is 0 Å². The third kappa shape index (κ3) is 8.15. The summed E-state index contributed by atoms with van der Waals surface area (Å²) in [5.41, 5.74) is 0. The van der Waals surface area contributed by atoms with Gasteiger partial charge < -0.3 is 4.29 Å². The lowest BCUT2D eigenvalue weighted by molar-refractivity contribution is -0.134. The minimum atomic E-state index is -0.339. The Bertz CT molecular complexity index is 118. The molecular formula is C8H14Cl2O2. The second-order valence-electron chi connectivity index (χ2n) is 2.66. The highest BCUT2D eigenvalue weighted by Crippen LogP contribution is 2.06. The molecule has 4 heteroatoms. The highest BCUT2D eigenvalue weighted by molar-refractivity contribution is 6.17. The maximum absolute atomic E-state index is 10.5. The van der Waals surface area contributed by atoms with Crippen LogP contribution in [0.5, 0.6) is 0 Å². The Kier molecular flexibility index (Phi) is 9.18. The number of hydrogen-bond acceptors (Lipinski definition) is 2. The number of carbonyl (C=O) groups is 1. The lowest BCUT2D eigenvalue weighted by Crippen LogP contribution is -1.95. The first-order valence-electron chi connectivity index (χ1n) is 4.18. The van der Waals surface area contributed by atoms with Gasteiger partial charge >= 0.3 is 5.97 Å². The van der Waals surface area contributed by atoms with Gasteiger partial charge in [0.15, 0.2) is 0 Å². The summed E-state index contributed by atoms with van der Waals surface area (Å²) in [6.07, 6.45) is 5.64. The van der Waals surface area contributed by atoms with Crippen LogP contribution in [0.15, 0.2) is 0 Å². The van der Waals surface area contributed by atoms with E-state index in [4.69, 9.17) is 23.5 Å². The van der Waals surface area contributed by atoms with Crippen molar-refractivity contribution in [3.05, 3.63) is 0 Å². The maximum atomic E-state index is 10.5. The Hall–Kier alpha value is 0.0500.